The Balaban J connectivity index is 0.000000179. The van der Waals surface area contributed by atoms with Crippen LogP contribution < -0.4 is 16.2 Å². The molecule has 0 aliphatic rings. The number of hydrogen-bond acceptors (Lipinski definition) is 2. The van der Waals surface area contributed by atoms with Crippen molar-refractivity contribution in [2.45, 2.75) is 12.1 Å². The van der Waals surface area contributed by atoms with Crippen LogP contribution in [0.1, 0.15) is 34.3 Å². The number of carboxylic acid groups (broad SMARTS) is 1. The van der Waals surface area contributed by atoms with Gasteiger partial charge in [0.25, 0.3) is 0 Å². The van der Waals surface area contributed by atoms with Crippen molar-refractivity contribution in [2.24, 2.45) is 0 Å². The maximum absolute atomic E-state index is 10.7. The van der Waals surface area contributed by atoms with Gasteiger partial charge in [-0.3, -0.25) is 0 Å². The zero-order chi connectivity index (χ0) is 21.9. The van der Waals surface area contributed by atoms with Gasteiger partial charge in [0.2, 0.25) is 0 Å². The summed E-state index contributed by atoms with van der Waals surface area (Å²) in [5.41, 5.74) is 8.49. The molecule has 0 aliphatic carbocycles. The van der Waals surface area contributed by atoms with E-state index in [1.807, 2.05) is 72.8 Å². The number of nitrogens with one attached hydrogen (secondary N) is 1. The van der Waals surface area contributed by atoms with E-state index in [9.17, 15) is 9.90 Å². The normalized spacial score (nSPS) is 10.3. The van der Waals surface area contributed by atoms with E-state index in [0.717, 1.165) is 11.1 Å². The van der Waals surface area contributed by atoms with Crippen LogP contribution in [-0.4, -0.2) is 6.09 Å². The van der Waals surface area contributed by atoms with Crippen molar-refractivity contribution in [3.05, 3.63) is 144 Å². The highest BCUT2D eigenvalue weighted by Gasteiger charge is 2.12. The molecule has 4 rings (SSSR count). The Morgan fingerprint density at radius 1 is 0.581 bits per heavy atom. The number of benzene rings is 4. The molecule has 0 bridgehead atoms. The average molecular weight is 411 g/mol. The van der Waals surface area contributed by atoms with Crippen LogP contribution in [-0.2, 0) is 0 Å². The van der Waals surface area contributed by atoms with Gasteiger partial charge in [0.05, 0.1) is 6.04 Å². The van der Waals surface area contributed by atoms with E-state index >= 15 is 0 Å². The lowest BCUT2D eigenvalue weighted by Crippen LogP contribution is -2.53. The maximum atomic E-state index is 10.7. The predicted molar refractivity (Wildman–Crippen MR) is 121 cm³/mol. The molecule has 4 heteroatoms. The van der Waals surface area contributed by atoms with Gasteiger partial charge in [-0.15, -0.1) is 0 Å². The van der Waals surface area contributed by atoms with E-state index in [1.165, 1.54) is 11.1 Å². The Bertz CT molecular complexity index is 961. The Labute approximate surface area is 183 Å². The smallest absolute Gasteiger partial charge is 0.136 e. The minimum atomic E-state index is -1.28. The third-order valence-corrected chi connectivity index (χ3v) is 4.93. The molecule has 0 unspecified atom stereocenters. The lowest BCUT2D eigenvalue weighted by Gasteiger charge is -2.21. The maximum Gasteiger partial charge on any atom is 0.136 e. The number of quaternary nitrogens is 1. The van der Waals surface area contributed by atoms with Crippen molar-refractivity contribution in [1.29, 1.82) is 0 Å². The van der Waals surface area contributed by atoms with Crippen molar-refractivity contribution < 1.29 is 15.6 Å². The molecule has 0 radical (unpaired) electrons. The zero-order valence-corrected chi connectivity index (χ0v) is 17.2. The highest BCUT2D eigenvalue weighted by atomic mass is 16.4. The Morgan fingerprint density at radius 2 is 0.871 bits per heavy atom. The van der Waals surface area contributed by atoms with E-state index in [2.05, 4.69) is 59.6 Å². The first-order valence-corrected chi connectivity index (χ1v) is 10.2. The van der Waals surface area contributed by atoms with Crippen molar-refractivity contribution >= 4 is 6.09 Å². The van der Waals surface area contributed by atoms with Gasteiger partial charge in [-0.1, -0.05) is 121 Å². The summed E-state index contributed by atoms with van der Waals surface area (Å²) in [6.07, 6.45) is -1.28. The van der Waals surface area contributed by atoms with Gasteiger partial charge in [0.1, 0.15) is 12.1 Å². The van der Waals surface area contributed by atoms with Gasteiger partial charge in [0, 0.05) is 11.1 Å². The van der Waals surface area contributed by atoms with E-state index in [4.69, 9.17) is 0 Å². The minimum Gasteiger partial charge on any atom is -0.530 e. The van der Waals surface area contributed by atoms with Gasteiger partial charge < -0.3 is 21.0 Å². The highest BCUT2D eigenvalue weighted by Crippen LogP contribution is 2.21. The van der Waals surface area contributed by atoms with Crippen molar-refractivity contribution in [3.63, 3.8) is 0 Å². The summed E-state index contributed by atoms with van der Waals surface area (Å²) in [5, 5.41) is 13.2. The number of amides is 1. The summed E-state index contributed by atoms with van der Waals surface area (Å²) in [6, 6.07) is 39.4. The first-order chi connectivity index (χ1) is 15.1. The summed E-state index contributed by atoms with van der Waals surface area (Å²) in [6.45, 7) is 0. The molecule has 0 saturated heterocycles. The monoisotopic (exact) mass is 410 g/mol. The number of carbonyl (C=O) groups excluding carboxylic acids is 1. The molecule has 4 nitrogen and oxygen atoms in total. The number of rotatable bonds is 5. The van der Waals surface area contributed by atoms with Crippen LogP contribution in [0, 0.1) is 0 Å². The topological polar surface area (TPSA) is 79.8 Å². The predicted octanol–water partition coefficient (Wildman–Crippen LogP) is 3.73. The van der Waals surface area contributed by atoms with Crippen LogP contribution in [0.4, 0.5) is 4.79 Å². The molecule has 4 N–H and O–H groups in total. The molecule has 0 heterocycles. The van der Waals surface area contributed by atoms with Gasteiger partial charge in [-0.2, -0.15) is 0 Å². The molecule has 0 fully saturated rings. The summed E-state index contributed by atoms with van der Waals surface area (Å²) in [7, 11) is 0. The van der Waals surface area contributed by atoms with Gasteiger partial charge >= 0.3 is 0 Å². The average Bonchev–Trinajstić information content (AvgIpc) is 2.84. The lowest BCUT2D eigenvalue weighted by atomic mass is 9.99. The highest BCUT2D eigenvalue weighted by molar-refractivity contribution is 5.63. The van der Waals surface area contributed by atoms with Crippen LogP contribution in [0.3, 0.4) is 0 Å². The van der Waals surface area contributed by atoms with Crippen molar-refractivity contribution in [3.8, 4) is 0 Å². The van der Waals surface area contributed by atoms with Crippen LogP contribution >= 0.6 is 0 Å². The molecule has 0 spiro atoms. The van der Waals surface area contributed by atoms with E-state index in [1.54, 1.807) is 0 Å². The molecule has 0 saturated carbocycles. The van der Waals surface area contributed by atoms with Crippen molar-refractivity contribution in [2.75, 3.05) is 0 Å². The fourth-order valence-corrected chi connectivity index (χ4v) is 3.33. The molecule has 4 aromatic carbocycles. The molecule has 0 aromatic heterocycles. The summed E-state index contributed by atoms with van der Waals surface area (Å²) in [5.74, 6) is 0. The first-order valence-electron chi connectivity index (χ1n) is 10.2. The van der Waals surface area contributed by atoms with Crippen LogP contribution in [0.5, 0.6) is 0 Å². The van der Waals surface area contributed by atoms with Crippen LogP contribution in [0.15, 0.2) is 121 Å². The third kappa shape index (κ3) is 6.56. The fourth-order valence-electron chi connectivity index (χ4n) is 3.33. The van der Waals surface area contributed by atoms with E-state index < -0.39 is 6.09 Å². The molecule has 0 aliphatic heterocycles. The van der Waals surface area contributed by atoms with E-state index in [-0.39, 0.29) is 12.1 Å². The van der Waals surface area contributed by atoms with Crippen molar-refractivity contribution in [1.82, 2.24) is 5.32 Å². The standard InChI is InChI=1S/C14H13NO2.C13H13N/c16-14(17)15-13(11-7-3-1-4-8-11)12-9-5-2-6-10-12;14-13(11-7-3-1-4-8-11)12-9-5-2-6-10-12/h1-10,13,15H,(H,16,17);1-10,13H,14H2. The third-order valence-electron chi connectivity index (χ3n) is 4.93. The molecule has 1 amide bonds. The largest absolute Gasteiger partial charge is 0.530 e. The summed E-state index contributed by atoms with van der Waals surface area (Å²) in [4.78, 5) is 10.7. The van der Waals surface area contributed by atoms with Gasteiger partial charge in [-0.05, 0) is 11.1 Å². The number of carbonyl (C=O) groups is 1. The zero-order valence-electron chi connectivity index (χ0n) is 17.2. The van der Waals surface area contributed by atoms with E-state index in [0.29, 0.717) is 0 Å². The van der Waals surface area contributed by atoms with Crippen LogP contribution in [0.2, 0.25) is 0 Å². The molecule has 156 valence electrons. The Morgan fingerprint density at radius 3 is 1.16 bits per heavy atom. The molecule has 31 heavy (non-hydrogen) atoms. The summed E-state index contributed by atoms with van der Waals surface area (Å²) >= 11 is 0. The quantitative estimate of drug-likeness (QED) is 0.526. The summed E-state index contributed by atoms with van der Waals surface area (Å²) < 4.78 is 0. The molecule has 4 aromatic rings. The van der Waals surface area contributed by atoms with Crippen LogP contribution in [0.25, 0.3) is 0 Å². The second-order valence-electron chi connectivity index (χ2n) is 7.06. The number of hydrogen-bond donors (Lipinski definition) is 2. The minimum absolute atomic E-state index is 0.234. The van der Waals surface area contributed by atoms with Gasteiger partial charge in [0.15, 0.2) is 0 Å². The lowest BCUT2D eigenvalue weighted by molar-refractivity contribution is -0.411. The SMILES string of the molecule is O=C([O-])NC(c1ccccc1)c1ccccc1.[NH3+]C(c1ccccc1)c1ccccc1. The van der Waals surface area contributed by atoms with Gasteiger partial charge in [-0.25, -0.2) is 0 Å². The first kappa shape index (κ1) is 21.8. The Hall–Kier alpha value is -3.89. The molecular weight excluding hydrogens is 384 g/mol. The molecular formula is C27H26N2O2. The second kappa shape index (κ2) is 11.3. The second-order valence-corrected chi connectivity index (χ2v) is 7.06. The Kier molecular flexibility index (Phi) is 7.97. The fraction of sp³-hybridized carbons (Fsp3) is 0.0741. The molecule has 0 atom stereocenters.